The Morgan fingerprint density at radius 3 is 2.33 bits per heavy atom. The fraction of sp³-hybridized carbons (Fsp3) is 0.455. The van der Waals surface area contributed by atoms with Crippen molar-refractivity contribution in [3.05, 3.63) is 57.4 Å². The fourth-order valence-electron chi connectivity index (χ4n) is 3.10. The van der Waals surface area contributed by atoms with Crippen molar-refractivity contribution in [2.75, 3.05) is 47.5 Å². The number of methoxy groups -OCH3 is 1. The van der Waals surface area contributed by atoms with Crippen molar-refractivity contribution in [2.24, 2.45) is 0 Å². The summed E-state index contributed by atoms with van der Waals surface area (Å²) >= 11 is 5.98. The number of nitrogens with zero attached hydrogens (tertiary/aromatic N) is 2. The van der Waals surface area contributed by atoms with E-state index in [2.05, 4.69) is 4.98 Å². The molecule has 0 aliphatic heterocycles. The highest BCUT2D eigenvalue weighted by atomic mass is 35.5. The second kappa shape index (κ2) is 11.2. The Bertz CT molecular complexity index is 862. The van der Waals surface area contributed by atoms with Crippen molar-refractivity contribution in [2.45, 2.75) is 20.4 Å². The fourth-order valence-corrected chi connectivity index (χ4v) is 3.23. The number of nitrogens with one attached hydrogen (secondary N) is 1. The molecule has 0 aliphatic rings. The Balaban J connectivity index is 2.26. The number of ether oxygens (including phenoxy) is 2. The van der Waals surface area contributed by atoms with Gasteiger partial charge in [-0.2, -0.15) is 0 Å². The Labute approximate surface area is 182 Å². The van der Waals surface area contributed by atoms with Gasteiger partial charge in [0.25, 0.3) is 5.91 Å². The Kier molecular flexibility index (Phi) is 8.89. The predicted molar refractivity (Wildman–Crippen MR) is 117 cm³/mol. The molecule has 0 unspecified atom stereocenters. The van der Waals surface area contributed by atoms with Crippen LogP contribution in [-0.2, 0) is 16.0 Å². The highest BCUT2D eigenvalue weighted by Gasteiger charge is 2.26. The molecule has 7 nitrogen and oxygen atoms in total. The molecule has 1 aromatic carbocycles. The van der Waals surface area contributed by atoms with Crippen LogP contribution >= 0.6 is 11.6 Å². The molecule has 0 spiro atoms. The van der Waals surface area contributed by atoms with Crippen LogP contribution in [0.4, 0.5) is 0 Å². The monoisotopic (exact) mass is 435 g/mol. The number of aryl methyl sites for hydroxylation is 1. The lowest BCUT2D eigenvalue weighted by Crippen LogP contribution is -2.36. The van der Waals surface area contributed by atoms with E-state index >= 15 is 0 Å². The standard InChI is InChI=1S/C22H30ClN3O4/c1-15-19(22(28)30-13-12-29-5)16(2)24-20(15)21(27)26(11-10-25(3)4)14-17-6-8-18(23)9-7-17/h6-9,24H,10-14H2,1-5H3. The minimum atomic E-state index is -0.463. The first-order valence-electron chi connectivity index (χ1n) is 9.78. The third-order valence-electron chi connectivity index (χ3n) is 4.77. The summed E-state index contributed by atoms with van der Waals surface area (Å²) < 4.78 is 10.2. The van der Waals surface area contributed by atoms with E-state index in [0.29, 0.717) is 53.8 Å². The van der Waals surface area contributed by atoms with Crippen LogP contribution in [0.5, 0.6) is 0 Å². The minimum Gasteiger partial charge on any atom is -0.460 e. The van der Waals surface area contributed by atoms with Gasteiger partial charge < -0.3 is 24.3 Å². The van der Waals surface area contributed by atoms with Crippen molar-refractivity contribution in [3.63, 3.8) is 0 Å². The van der Waals surface area contributed by atoms with Gasteiger partial charge in [0, 0.05) is 37.5 Å². The van der Waals surface area contributed by atoms with E-state index in [1.54, 1.807) is 25.9 Å². The average molecular weight is 436 g/mol. The summed E-state index contributed by atoms with van der Waals surface area (Å²) in [5.74, 6) is -0.627. The third kappa shape index (κ3) is 6.32. The van der Waals surface area contributed by atoms with E-state index in [1.165, 1.54) is 0 Å². The Morgan fingerprint density at radius 2 is 1.73 bits per heavy atom. The second-order valence-electron chi connectivity index (χ2n) is 7.41. The quantitative estimate of drug-likeness (QED) is 0.458. The molecule has 0 radical (unpaired) electrons. The second-order valence-corrected chi connectivity index (χ2v) is 7.85. The van der Waals surface area contributed by atoms with Gasteiger partial charge in [-0.3, -0.25) is 4.79 Å². The summed E-state index contributed by atoms with van der Waals surface area (Å²) in [5, 5.41) is 0.650. The van der Waals surface area contributed by atoms with Crippen LogP contribution in [-0.4, -0.2) is 74.2 Å². The molecule has 1 heterocycles. The molecule has 0 bridgehead atoms. The van der Waals surface area contributed by atoms with Gasteiger partial charge in [-0.05, 0) is 51.2 Å². The maximum Gasteiger partial charge on any atom is 0.340 e. The zero-order chi connectivity index (χ0) is 22.3. The topological polar surface area (TPSA) is 74.9 Å². The first-order chi connectivity index (χ1) is 14.2. The molecular formula is C22H30ClN3O4. The Hall–Kier alpha value is -2.35. The maximum absolute atomic E-state index is 13.4. The molecule has 30 heavy (non-hydrogen) atoms. The molecule has 0 saturated heterocycles. The summed E-state index contributed by atoms with van der Waals surface area (Å²) in [4.78, 5) is 32.7. The summed E-state index contributed by atoms with van der Waals surface area (Å²) in [6, 6.07) is 7.43. The lowest BCUT2D eigenvalue weighted by Gasteiger charge is -2.24. The predicted octanol–water partition coefficient (Wildman–Crippen LogP) is 3.29. The van der Waals surface area contributed by atoms with E-state index in [9.17, 15) is 9.59 Å². The number of rotatable bonds is 10. The van der Waals surface area contributed by atoms with Crippen LogP contribution in [0.25, 0.3) is 0 Å². The number of amides is 1. The molecule has 1 amide bonds. The van der Waals surface area contributed by atoms with Gasteiger partial charge in [-0.1, -0.05) is 23.7 Å². The smallest absolute Gasteiger partial charge is 0.340 e. The zero-order valence-electron chi connectivity index (χ0n) is 18.3. The van der Waals surface area contributed by atoms with Gasteiger partial charge in [0.15, 0.2) is 0 Å². The molecule has 2 rings (SSSR count). The SMILES string of the molecule is COCCOC(=O)c1c(C)[nH]c(C(=O)N(CCN(C)C)Cc2ccc(Cl)cc2)c1C. The van der Waals surface area contributed by atoms with Crippen molar-refractivity contribution in [3.8, 4) is 0 Å². The molecule has 164 valence electrons. The number of aromatic nitrogens is 1. The van der Waals surface area contributed by atoms with Crippen molar-refractivity contribution in [1.82, 2.24) is 14.8 Å². The number of halogens is 1. The lowest BCUT2D eigenvalue weighted by molar-refractivity contribution is 0.0387. The van der Waals surface area contributed by atoms with Gasteiger partial charge in [0.05, 0.1) is 12.2 Å². The number of H-pyrrole nitrogens is 1. The molecule has 1 aromatic heterocycles. The van der Waals surface area contributed by atoms with Crippen LogP contribution < -0.4 is 0 Å². The normalized spacial score (nSPS) is 11.0. The summed E-state index contributed by atoms with van der Waals surface area (Å²) in [5.41, 5.74) is 2.97. The number of benzene rings is 1. The maximum atomic E-state index is 13.4. The molecular weight excluding hydrogens is 406 g/mol. The number of likely N-dealkylation sites (N-methyl/N-ethyl adjacent to an activating group) is 1. The van der Waals surface area contributed by atoms with Gasteiger partial charge in [0.1, 0.15) is 12.3 Å². The first-order valence-corrected chi connectivity index (χ1v) is 10.2. The van der Waals surface area contributed by atoms with Crippen LogP contribution in [0.3, 0.4) is 0 Å². The van der Waals surface area contributed by atoms with E-state index in [0.717, 1.165) is 5.56 Å². The van der Waals surface area contributed by atoms with Crippen LogP contribution in [0.2, 0.25) is 5.02 Å². The molecule has 0 fully saturated rings. The van der Waals surface area contributed by atoms with Crippen molar-refractivity contribution >= 4 is 23.5 Å². The summed E-state index contributed by atoms with van der Waals surface area (Å²) in [6.45, 7) is 5.70. The number of esters is 1. The highest BCUT2D eigenvalue weighted by molar-refractivity contribution is 6.30. The number of carbonyl (C=O) groups is 2. The largest absolute Gasteiger partial charge is 0.460 e. The van der Waals surface area contributed by atoms with Crippen molar-refractivity contribution < 1.29 is 19.1 Å². The summed E-state index contributed by atoms with van der Waals surface area (Å²) in [6.07, 6.45) is 0. The van der Waals surface area contributed by atoms with Gasteiger partial charge in [-0.15, -0.1) is 0 Å². The number of hydrogen-bond donors (Lipinski definition) is 1. The van der Waals surface area contributed by atoms with E-state index < -0.39 is 5.97 Å². The molecule has 0 saturated carbocycles. The zero-order valence-corrected chi connectivity index (χ0v) is 19.0. The third-order valence-corrected chi connectivity index (χ3v) is 5.02. The summed E-state index contributed by atoms with van der Waals surface area (Å²) in [7, 11) is 5.46. The molecule has 2 aromatic rings. The molecule has 0 atom stereocenters. The van der Waals surface area contributed by atoms with Crippen LogP contribution in [0.1, 0.15) is 37.7 Å². The number of hydrogen-bond acceptors (Lipinski definition) is 5. The first kappa shape index (κ1) is 23.9. The van der Waals surface area contributed by atoms with Crippen LogP contribution in [0, 0.1) is 13.8 Å². The molecule has 8 heteroatoms. The van der Waals surface area contributed by atoms with Crippen LogP contribution in [0.15, 0.2) is 24.3 Å². The highest BCUT2D eigenvalue weighted by Crippen LogP contribution is 2.22. The molecule has 0 aliphatic carbocycles. The van der Waals surface area contributed by atoms with Gasteiger partial charge in [0.2, 0.25) is 0 Å². The Morgan fingerprint density at radius 1 is 1.07 bits per heavy atom. The molecule has 1 N–H and O–H groups in total. The van der Waals surface area contributed by atoms with E-state index in [4.69, 9.17) is 21.1 Å². The van der Waals surface area contributed by atoms with E-state index in [1.807, 2.05) is 43.3 Å². The number of carbonyl (C=O) groups excluding carboxylic acids is 2. The lowest BCUT2D eigenvalue weighted by atomic mass is 10.1. The minimum absolute atomic E-state index is 0.161. The number of aromatic amines is 1. The van der Waals surface area contributed by atoms with Crippen molar-refractivity contribution in [1.29, 1.82) is 0 Å². The van der Waals surface area contributed by atoms with E-state index in [-0.39, 0.29) is 12.5 Å². The van der Waals surface area contributed by atoms with Gasteiger partial charge >= 0.3 is 5.97 Å². The average Bonchev–Trinajstić information content (AvgIpc) is 3.00. The van der Waals surface area contributed by atoms with Gasteiger partial charge in [-0.25, -0.2) is 4.79 Å².